The molecule has 6 nitrogen and oxygen atoms in total. The molecule has 0 unspecified atom stereocenters. The number of ether oxygens (including phenoxy) is 1. The summed E-state index contributed by atoms with van der Waals surface area (Å²) in [4.78, 5) is 12.9. The van der Waals surface area contributed by atoms with Crippen LogP contribution in [-0.2, 0) is 0 Å². The number of methoxy groups -OCH3 is 1. The number of ketones is 1. The topological polar surface area (TPSA) is 70.2 Å². The quantitative estimate of drug-likeness (QED) is 0.240. The fraction of sp³-hybridized carbons (Fsp3) is 0.0800. The van der Waals surface area contributed by atoms with Gasteiger partial charge in [0.2, 0.25) is 5.82 Å². The summed E-state index contributed by atoms with van der Waals surface area (Å²) in [7, 11) is 1.63. The third-order valence-electron chi connectivity index (χ3n) is 5.11. The lowest BCUT2D eigenvalue weighted by Gasteiger charge is -2.10. The number of carbonyl (C=O) groups excluding carboxylic acids is 1. The van der Waals surface area contributed by atoms with Crippen LogP contribution in [0.3, 0.4) is 0 Å². The second-order valence-electron chi connectivity index (χ2n) is 7.09. The number of hydrogen-bond donors (Lipinski definition) is 0. The molecular weight excluding hydrogens is 422 g/mol. The van der Waals surface area contributed by atoms with Gasteiger partial charge in [0.1, 0.15) is 5.75 Å². The number of nitrogens with zero attached hydrogens (tertiary/aromatic N) is 3. The van der Waals surface area contributed by atoms with Crippen LogP contribution in [-0.4, -0.2) is 33.4 Å². The van der Waals surface area contributed by atoms with E-state index in [1.54, 1.807) is 19.4 Å². The van der Waals surface area contributed by atoms with E-state index in [1.807, 2.05) is 77.4 Å². The minimum atomic E-state index is 0.0320. The van der Waals surface area contributed by atoms with Gasteiger partial charge in [-0.2, -0.15) is 0 Å². The Morgan fingerprint density at radius 1 is 0.969 bits per heavy atom. The van der Waals surface area contributed by atoms with Crippen molar-refractivity contribution < 1.29 is 13.9 Å². The highest BCUT2D eigenvalue weighted by Gasteiger charge is 2.19. The summed E-state index contributed by atoms with van der Waals surface area (Å²) in [5.74, 6) is 2.19. The van der Waals surface area contributed by atoms with Gasteiger partial charge in [0.15, 0.2) is 16.7 Å². The molecule has 0 saturated heterocycles. The van der Waals surface area contributed by atoms with E-state index in [0.717, 1.165) is 22.2 Å². The zero-order valence-electron chi connectivity index (χ0n) is 17.3. The molecule has 3 aromatic carbocycles. The van der Waals surface area contributed by atoms with Crippen LogP contribution in [0.4, 0.5) is 0 Å². The molecule has 32 heavy (non-hydrogen) atoms. The molecule has 5 rings (SSSR count). The van der Waals surface area contributed by atoms with Gasteiger partial charge in [-0.15, -0.1) is 10.2 Å². The fourth-order valence-electron chi connectivity index (χ4n) is 3.47. The van der Waals surface area contributed by atoms with Crippen LogP contribution in [0.25, 0.3) is 28.0 Å². The van der Waals surface area contributed by atoms with Crippen molar-refractivity contribution in [2.75, 3.05) is 12.9 Å². The number of aromatic nitrogens is 3. The molecule has 2 heterocycles. The van der Waals surface area contributed by atoms with Crippen molar-refractivity contribution >= 4 is 28.3 Å². The van der Waals surface area contributed by atoms with Crippen LogP contribution in [0.1, 0.15) is 10.4 Å². The number of thioether (sulfide) groups is 1. The molecule has 7 heteroatoms. The lowest BCUT2D eigenvalue weighted by atomic mass is 10.1. The van der Waals surface area contributed by atoms with Gasteiger partial charge in [-0.1, -0.05) is 48.2 Å². The molecule has 2 aromatic heterocycles. The molecule has 0 aliphatic heterocycles. The lowest BCUT2D eigenvalue weighted by Crippen LogP contribution is -2.05. The second kappa shape index (κ2) is 8.72. The Hall–Kier alpha value is -3.84. The maximum Gasteiger partial charge on any atom is 0.205 e. The summed E-state index contributed by atoms with van der Waals surface area (Å²) in [6.07, 6.45) is 1.60. The van der Waals surface area contributed by atoms with Crippen LogP contribution in [0.5, 0.6) is 5.75 Å². The highest BCUT2D eigenvalue weighted by molar-refractivity contribution is 7.99. The molecule has 0 aliphatic carbocycles. The van der Waals surface area contributed by atoms with E-state index in [1.165, 1.54) is 11.8 Å². The summed E-state index contributed by atoms with van der Waals surface area (Å²) < 4.78 is 12.7. The number of hydrogen-bond acceptors (Lipinski definition) is 6. The monoisotopic (exact) mass is 441 g/mol. The van der Waals surface area contributed by atoms with E-state index in [-0.39, 0.29) is 11.5 Å². The first-order valence-electron chi connectivity index (χ1n) is 10.0. The van der Waals surface area contributed by atoms with Crippen molar-refractivity contribution in [1.82, 2.24) is 14.8 Å². The molecule has 0 bridgehead atoms. The number of carbonyl (C=O) groups is 1. The Balaban J connectivity index is 1.44. The average molecular weight is 442 g/mol. The van der Waals surface area contributed by atoms with Gasteiger partial charge >= 0.3 is 0 Å². The minimum Gasteiger partial charge on any atom is -0.497 e. The molecule has 158 valence electrons. The molecule has 0 aliphatic rings. The van der Waals surface area contributed by atoms with Gasteiger partial charge in [-0.05, 0) is 53.2 Å². The van der Waals surface area contributed by atoms with E-state index in [2.05, 4.69) is 10.2 Å². The van der Waals surface area contributed by atoms with E-state index >= 15 is 0 Å². The molecule has 0 fully saturated rings. The van der Waals surface area contributed by atoms with Crippen molar-refractivity contribution in [1.29, 1.82) is 0 Å². The Morgan fingerprint density at radius 3 is 2.53 bits per heavy atom. The van der Waals surface area contributed by atoms with Gasteiger partial charge < -0.3 is 9.15 Å². The highest BCUT2D eigenvalue weighted by atomic mass is 32.2. The van der Waals surface area contributed by atoms with Crippen molar-refractivity contribution in [2.24, 2.45) is 0 Å². The molecule has 0 amide bonds. The van der Waals surface area contributed by atoms with E-state index in [0.29, 0.717) is 22.3 Å². The van der Waals surface area contributed by atoms with Crippen molar-refractivity contribution in [3.05, 3.63) is 90.7 Å². The summed E-state index contributed by atoms with van der Waals surface area (Å²) >= 11 is 1.35. The fourth-order valence-corrected chi connectivity index (χ4v) is 4.32. The van der Waals surface area contributed by atoms with Crippen LogP contribution >= 0.6 is 11.8 Å². The first kappa shape index (κ1) is 20.1. The number of Topliss-reactive ketones (excluding diaryl/α,β-unsaturated/α-hetero) is 1. The average Bonchev–Trinajstić information content (AvgIpc) is 3.52. The predicted molar refractivity (Wildman–Crippen MR) is 125 cm³/mol. The van der Waals surface area contributed by atoms with Crippen molar-refractivity contribution in [3.63, 3.8) is 0 Å². The lowest BCUT2D eigenvalue weighted by molar-refractivity contribution is 0.102. The van der Waals surface area contributed by atoms with E-state index in [9.17, 15) is 4.79 Å². The predicted octanol–water partition coefficient (Wildman–Crippen LogP) is 5.66. The minimum absolute atomic E-state index is 0.0320. The van der Waals surface area contributed by atoms with Gasteiger partial charge in [-0.3, -0.25) is 9.36 Å². The largest absolute Gasteiger partial charge is 0.497 e. The van der Waals surface area contributed by atoms with Crippen molar-refractivity contribution in [2.45, 2.75) is 5.16 Å². The number of benzene rings is 3. The Labute approximate surface area is 188 Å². The maximum atomic E-state index is 12.9. The van der Waals surface area contributed by atoms with Crippen LogP contribution in [0.2, 0.25) is 0 Å². The number of fused-ring (bicyclic) bond motifs is 1. The molecule has 0 spiro atoms. The molecular formula is C25H19N3O3S. The van der Waals surface area contributed by atoms with Gasteiger partial charge in [0.05, 0.1) is 24.8 Å². The SMILES string of the molecule is COc1ccc(-n2c(SCC(=O)c3ccc4ccccc4c3)nnc2-c2ccco2)cc1. The second-order valence-corrected chi connectivity index (χ2v) is 8.03. The summed E-state index contributed by atoms with van der Waals surface area (Å²) in [6.45, 7) is 0. The third kappa shape index (κ3) is 3.90. The first-order chi connectivity index (χ1) is 15.7. The van der Waals surface area contributed by atoms with E-state index in [4.69, 9.17) is 9.15 Å². The Morgan fingerprint density at radius 2 is 1.78 bits per heavy atom. The zero-order valence-corrected chi connectivity index (χ0v) is 18.1. The molecule has 0 radical (unpaired) electrons. The number of rotatable bonds is 7. The van der Waals surface area contributed by atoms with E-state index < -0.39 is 0 Å². The molecule has 5 aromatic rings. The third-order valence-corrected chi connectivity index (χ3v) is 6.04. The van der Waals surface area contributed by atoms with Crippen LogP contribution in [0, 0.1) is 0 Å². The smallest absolute Gasteiger partial charge is 0.205 e. The summed E-state index contributed by atoms with van der Waals surface area (Å²) in [5, 5.41) is 11.4. The van der Waals surface area contributed by atoms with Crippen molar-refractivity contribution in [3.8, 4) is 23.0 Å². The zero-order chi connectivity index (χ0) is 21.9. The molecule has 0 saturated carbocycles. The van der Waals surface area contributed by atoms with Gasteiger partial charge in [-0.25, -0.2) is 0 Å². The molecule has 0 N–H and O–H groups in total. The van der Waals surface area contributed by atoms with Gasteiger partial charge in [0, 0.05) is 5.56 Å². The Bertz CT molecular complexity index is 1380. The van der Waals surface area contributed by atoms with Gasteiger partial charge in [0.25, 0.3) is 0 Å². The highest BCUT2D eigenvalue weighted by Crippen LogP contribution is 2.29. The summed E-state index contributed by atoms with van der Waals surface area (Å²) in [5.41, 5.74) is 1.53. The standard InChI is InChI=1S/C25H19N3O3S/c1-30-21-12-10-20(11-13-21)28-24(23-7-4-14-31-23)26-27-25(28)32-16-22(29)19-9-8-17-5-2-3-6-18(17)15-19/h2-15H,16H2,1H3. The number of furan rings is 1. The van der Waals surface area contributed by atoms with Crippen LogP contribution in [0.15, 0.2) is 94.7 Å². The summed E-state index contributed by atoms with van der Waals surface area (Å²) in [6, 6.07) is 25.0. The Kier molecular flexibility index (Phi) is 5.47. The first-order valence-corrected chi connectivity index (χ1v) is 11.0. The normalized spacial score (nSPS) is 11.0. The maximum absolute atomic E-state index is 12.9. The van der Waals surface area contributed by atoms with Crippen LogP contribution < -0.4 is 4.74 Å². The molecule has 0 atom stereocenters.